The summed E-state index contributed by atoms with van der Waals surface area (Å²) in [5.41, 5.74) is 3.05. The van der Waals surface area contributed by atoms with Crippen molar-refractivity contribution in [2.24, 2.45) is 0 Å². The number of hydrogen-bond donors (Lipinski definition) is 0. The SMILES string of the molecule is Cc1ccccc1C(=O)c1ccc(N(C)C=O)cc1. The summed E-state index contributed by atoms with van der Waals surface area (Å²) in [4.78, 5) is 24.4. The first-order chi connectivity index (χ1) is 9.13. The molecule has 3 heteroatoms. The highest BCUT2D eigenvalue weighted by Crippen LogP contribution is 2.17. The third-order valence-corrected chi connectivity index (χ3v) is 3.08. The molecule has 2 aromatic rings. The molecule has 0 radical (unpaired) electrons. The quantitative estimate of drug-likeness (QED) is 0.620. The van der Waals surface area contributed by atoms with Gasteiger partial charge in [-0.15, -0.1) is 0 Å². The summed E-state index contributed by atoms with van der Waals surface area (Å²) in [6, 6.07) is 14.5. The number of anilines is 1. The van der Waals surface area contributed by atoms with Gasteiger partial charge in [-0.1, -0.05) is 24.3 Å². The van der Waals surface area contributed by atoms with Crippen LogP contribution < -0.4 is 4.90 Å². The Hall–Kier alpha value is -2.42. The molecule has 0 saturated heterocycles. The number of ketones is 1. The van der Waals surface area contributed by atoms with Gasteiger partial charge in [-0.3, -0.25) is 9.59 Å². The predicted molar refractivity (Wildman–Crippen MR) is 75.5 cm³/mol. The fraction of sp³-hybridized carbons (Fsp3) is 0.125. The van der Waals surface area contributed by atoms with Crippen LogP contribution >= 0.6 is 0 Å². The molecule has 0 aliphatic carbocycles. The van der Waals surface area contributed by atoms with Crippen molar-refractivity contribution in [1.82, 2.24) is 0 Å². The first kappa shape index (κ1) is 13.0. The second-order valence-electron chi connectivity index (χ2n) is 4.41. The molecule has 2 rings (SSSR count). The molecule has 2 aromatic carbocycles. The lowest BCUT2D eigenvalue weighted by Crippen LogP contribution is -2.13. The van der Waals surface area contributed by atoms with Crippen molar-refractivity contribution in [1.29, 1.82) is 0 Å². The zero-order chi connectivity index (χ0) is 13.8. The molecule has 3 nitrogen and oxygen atoms in total. The molecule has 0 unspecified atom stereocenters. The van der Waals surface area contributed by atoms with Gasteiger partial charge in [0.25, 0.3) is 0 Å². The van der Waals surface area contributed by atoms with E-state index in [-0.39, 0.29) is 5.78 Å². The average Bonchev–Trinajstić information content (AvgIpc) is 2.46. The van der Waals surface area contributed by atoms with E-state index in [1.807, 2.05) is 31.2 Å². The summed E-state index contributed by atoms with van der Waals surface area (Å²) in [5, 5.41) is 0. The van der Waals surface area contributed by atoms with Crippen LogP contribution in [0.2, 0.25) is 0 Å². The molecule has 1 amide bonds. The molecule has 0 fully saturated rings. The van der Waals surface area contributed by atoms with Gasteiger partial charge >= 0.3 is 0 Å². The number of hydrogen-bond acceptors (Lipinski definition) is 2. The Morgan fingerprint density at radius 2 is 1.68 bits per heavy atom. The van der Waals surface area contributed by atoms with Crippen LogP contribution in [-0.2, 0) is 4.79 Å². The van der Waals surface area contributed by atoms with Crippen LogP contribution in [0, 0.1) is 6.92 Å². The Bertz CT molecular complexity index is 602. The van der Waals surface area contributed by atoms with Crippen molar-refractivity contribution in [3.05, 3.63) is 65.2 Å². The molecule has 0 aliphatic heterocycles. The summed E-state index contributed by atoms with van der Waals surface area (Å²) < 4.78 is 0. The molecule has 0 saturated carbocycles. The summed E-state index contributed by atoms with van der Waals surface area (Å²) in [5.74, 6) is -0.00148. The van der Waals surface area contributed by atoms with E-state index in [0.29, 0.717) is 11.1 Å². The Labute approximate surface area is 112 Å². The van der Waals surface area contributed by atoms with Crippen LogP contribution in [0.5, 0.6) is 0 Å². The van der Waals surface area contributed by atoms with Crippen LogP contribution in [0.15, 0.2) is 48.5 Å². The van der Waals surface area contributed by atoms with Crippen molar-refractivity contribution >= 4 is 17.9 Å². The fourth-order valence-electron chi connectivity index (χ4n) is 1.89. The van der Waals surface area contributed by atoms with Gasteiger partial charge in [-0.05, 0) is 36.8 Å². The van der Waals surface area contributed by atoms with E-state index in [1.165, 1.54) is 4.90 Å². The van der Waals surface area contributed by atoms with Crippen LogP contribution in [-0.4, -0.2) is 19.2 Å². The van der Waals surface area contributed by atoms with Crippen LogP contribution in [0.3, 0.4) is 0 Å². The predicted octanol–water partition coefficient (Wildman–Crippen LogP) is 2.82. The first-order valence-corrected chi connectivity index (χ1v) is 6.02. The zero-order valence-corrected chi connectivity index (χ0v) is 11.0. The molecule has 0 heterocycles. The maximum absolute atomic E-state index is 12.3. The van der Waals surface area contributed by atoms with E-state index in [9.17, 15) is 9.59 Å². The van der Waals surface area contributed by atoms with Crippen molar-refractivity contribution in [2.75, 3.05) is 11.9 Å². The van der Waals surface area contributed by atoms with Crippen LogP contribution in [0.4, 0.5) is 5.69 Å². The maximum atomic E-state index is 12.3. The van der Waals surface area contributed by atoms with E-state index >= 15 is 0 Å². The first-order valence-electron chi connectivity index (χ1n) is 6.02. The van der Waals surface area contributed by atoms with Crippen LogP contribution in [0.25, 0.3) is 0 Å². The molecule has 0 bridgehead atoms. The lowest BCUT2D eigenvalue weighted by Gasteiger charge is -2.11. The number of benzene rings is 2. The summed E-state index contributed by atoms with van der Waals surface area (Å²) >= 11 is 0. The molecule has 0 aromatic heterocycles. The Morgan fingerprint density at radius 3 is 2.26 bits per heavy atom. The van der Waals surface area contributed by atoms with E-state index in [0.717, 1.165) is 17.7 Å². The van der Waals surface area contributed by atoms with Crippen molar-refractivity contribution in [3.8, 4) is 0 Å². The van der Waals surface area contributed by atoms with Crippen molar-refractivity contribution in [3.63, 3.8) is 0 Å². The minimum atomic E-state index is -0.00148. The van der Waals surface area contributed by atoms with E-state index in [1.54, 1.807) is 31.3 Å². The fourth-order valence-corrected chi connectivity index (χ4v) is 1.89. The molecule has 0 aliphatic rings. The standard InChI is InChI=1S/C16H15NO2/c1-12-5-3-4-6-15(12)16(19)13-7-9-14(10-8-13)17(2)11-18/h3-11H,1-2H3. The molecule has 0 atom stereocenters. The summed E-state index contributed by atoms with van der Waals surface area (Å²) in [7, 11) is 1.67. The number of carbonyl (C=O) groups excluding carboxylic acids is 2. The topological polar surface area (TPSA) is 37.4 Å². The number of aryl methyl sites for hydroxylation is 1. The van der Waals surface area contributed by atoms with Gasteiger partial charge in [0.05, 0.1) is 0 Å². The third-order valence-electron chi connectivity index (χ3n) is 3.08. The molecule has 96 valence electrons. The lowest BCUT2D eigenvalue weighted by atomic mass is 9.99. The Balaban J connectivity index is 2.30. The smallest absolute Gasteiger partial charge is 0.213 e. The minimum absolute atomic E-state index is 0.00148. The minimum Gasteiger partial charge on any atom is -0.318 e. The number of rotatable bonds is 4. The Kier molecular flexibility index (Phi) is 3.76. The number of nitrogens with zero attached hydrogens (tertiary/aromatic N) is 1. The molecule has 0 N–H and O–H groups in total. The summed E-state index contributed by atoms with van der Waals surface area (Å²) in [6.45, 7) is 1.92. The average molecular weight is 253 g/mol. The van der Waals surface area contributed by atoms with E-state index in [4.69, 9.17) is 0 Å². The van der Waals surface area contributed by atoms with Gasteiger partial charge in [0, 0.05) is 23.9 Å². The maximum Gasteiger partial charge on any atom is 0.213 e. The van der Waals surface area contributed by atoms with Gasteiger partial charge in [0.15, 0.2) is 5.78 Å². The molecular formula is C16H15NO2. The normalized spacial score (nSPS) is 10.0. The van der Waals surface area contributed by atoms with E-state index in [2.05, 4.69) is 0 Å². The van der Waals surface area contributed by atoms with Crippen molar-refractivity contribution in [2.45, 2.75) is 6.92 Å². The van der Waals surface area contributed by atoms with Gasteiger partial charge < -0.3 is 4.90 Å². The largest absolute Gasteiger partial charge is 0.318 e. The van der Waals surface area contributed by atoms with Gasteiger partial charge in [0.1, 0.15) is 0 Å². The highest BCUT2D eigenvalue weighted by molar-refractivity contribution is 6.10. The highest BCUT2D eigenvalue weighted by atomic mass is 16.1. The lowest BCUT2D eigenvalue weighted by molar-refractivity contribution is -0.107. The van der Waals surface area contributed by atoms with Gasteiger partial charge in [0.2, 0.25) is 6.41 Å². The van der Waals surface area contributed by atoms with Gasteiger partial charge in [-0.25, -0.2) is 0 Å². The summed E-state index contributed by atoms with van der Waals surface area (Å²) in [6.07, 6.45) is 0.734. The highest BCUT2D eigenvalue weighted by Gasteiger charge is 2.11. The van der Waals surface area contributed by atoms with Crippen LogP contribution in [0.1, 0.15) is 21.5 Å². The third kappa shape index (κ3) is 2.71. The Morgan fingerprint density at radius 1 is 1.05 bits per heavy atom. The van der Waals surface area contributed by atoms with E-state index < -0.39 is 0 Å². The monoisotopic (exact) mass is 253 g/mol. The second-order valence-corrected chi connectivity index (χ2v) is 4.41. The molecule has 0 spiro atoms. The zero-order valence-electron chi connectivity index (χ0n) is 11.0. The number of amides is 1. The second kappa shape index (κ2) is 5.48. The molecular weight excluding hydrogens is 238 g/mol. The van der Waals surface area contributed by atoms with Gasteiger partial charge in [-0.2, -0.15) is 0 Å². The molecule has 19 heavy (non-hydrogen) atoms. The number of carbonyl (C=O) groups is 2. The van der Waals surface area contributed by atoms with Crippen molar-refractivity contribution < 1.29 is 9.59 Å².